The Kier molecular flexibility index (Phi) is 3.89. The predicted molar refractivity (Wildman–Crippen MR) is 155 cm³/mol. The second-order valence-corrected chi connectivity index (χ2v) is 11.4. The van der Waals surface area contributed by atoms with E-state index in [-0.39, 0.29) is 0 Å². The van der Waals surface area contributed by atoms with Crippen LogP contribution in [0.2, 0.25) is 0 Å². The Hall–Kier alpha value is -3.66. The highest BCUT2D eigenvalue weighted by Crippen LogP contribution is 2.49. The van der Waals surface area contributed by atoms with E-state index in [1.54, 1.807) is 0 Å². The predicted octanol–water partition coefficient (Wildman–Crippen LogP) is 10.1. The van der Waals surface area contributed by atoms with Gasteiger partial charge in [0, 0.05) is 40.7 Å². The van der Waals surface area contributed by atoms with Crippen molar-refractivity contribution in [2.45, 2.75) is 13.8 Å². The van der Waals surface area contributed by atoms with Crippen LogP contribution in [0, 0.1) is 13.8 Å². The Morgan fingerprint density at radius 3 is 1.43 bits per heavy atom. The van der Waals surface area contributed by atoms with Crippen LogP contribution in [0.25, 0.3) is 68.4 Å². The summed E-state index contributed by atoms with van der Waals surface area (Å²) in [5.74, 6) is 0. The van der Waals surface area contributed by atoms with E-state index in [2.05, 4.69) is 109 Å². The number of fused-ring (bicyclic) bond motifs is 6. The number of para-hydroxylation sites is 1. The Bertz CT molecular complexity index is 1910. The smallest absolute Gasteiger partial charge is 0.0635 e. The van der Waals surface area contributed by atoms with Crippen LogP contribution < -0.4 is 0 Å². The fraction of sp³-hybridized carbons (Fsp3) is 0.0625. The van der Waals surface area contributed by atoms with Crippen molar-refractivity contribution in [2.24, 2.45) is 0 Å². The summed E-state index contributed by atoms with van der Waals surface area (Å²) in [6.45, 7) is 4.59. The molecular formula is C32H21NS2. The fourth-order valence-corrected chi connectivity index (χ4v) is 8.67. The first kappa shape index (κ1) is 19.6. The lowest BCUT2D eigenvalue weighted by Gasteiger charge is -2.13. The largest absolute Gasteiger partial charge is 0.308 e. The highest BCUT2D eigenvalue weighted by atomic mass is 32.1. The summed E-state index contributed by atoms with van der Waals surface area (Å²) in [5.41, 5.74) is 9.36. The number of pyridine rings is 2. The van der Waals surface area contributed by atoms with Gasteiger partial charge in [0.25, 0.3) is 0 Å². The van der Waals surface area contributed by atoms with E-state index in [0.717, 1.165) is 0 Å². The topological polar surface area (TPSA) is 4.41 Å². The third-order valence-electron chi connectivity index (χ3n) is 7.51. The van der Waals surface area contributed by atoms with Gasteiger partial charge in [-0.05, 0) is 48.2 Å². The Morgan fingerprint density at radius 1 is 0.514 bits per heavy atom. The number of hydrogen-bond donors (Lipinski definition) is 0. The van der Waals surface area contributed by atoms with Crippen LogP contribution in [0.15, 0.2) is 91.0 Å². The van der Waals surface area contributed by atoms with Crippen molar-refractivity contribution >= 4 is 70.2 Å². The quantitative estimate of drug-likeness (QED) is 0.230. The molecule has 0 spiro atoms. The van der Waals surface area contributed by atoms with Gasteiger partial charge in [0.2, 0.25) is 0 Å². The molecular weight excluding hydrogens is 462 g/mol. The molecule has 5 aromatic heterocycles. The van der Waals surface area contributed by atoms with Gasteiger partial charge < -0.3 is 4.40 Å². The number of rotatable bonds is 2. The Morgan fingerprint density at radius 2 is 0.971 bits per heavy atom. The number of benzene rings is 3. The summed E-state index contributed by atoms with van der Waals surface area (Å²) in [6, 6.07) is 33.2. The maximum absolute atomic E-state index is 2.54. The van der Waals surface area contributed by atoms with Crippen LogP contribution >= 0.6 is 22.7 Å². The lowest BCUT2D eigenvalue weighted by molar-refractivity contribution is 1.36. The Balaban J connectivity index is 1.59. The lowest BCUT2D eigenvalue weighted by Crippen LogP contribution is -1.93. The van der Waals surface area contributed by atoms with Crippen LogP contribution in [0.3, 0.4) is 0 Å². The maximum Gasteiger partial charge on any atom is 0.0635 e. The third kappa shape index (κ3) is 2.47. The monoisotopic (exact) mass is 483 g/mol. The second-order valence-electron chi connectivity index (χ2n) is 9.39. The maximum atomic E-state index is 2.54. The van der Waals surface area contributed by atoms with Crippen molar-refractivity contribution in [3.63, 3.8) is 0 Å². The number of nitrogens with zero attached hydrogens (tertiary/aromatic N) is 1. The zero-order valence-electron chi connectivity index (χ0n) is 19.4. The molecule has 0 aliphatic heterocycles. The van der Waals surface area contributed by atoms with Gasteiger partial charge >= 0.3 is 0 Å². The molecule has 0 unspecified atom stereocenters. The SMILES string of the molecule is Cc1c(-c2ccccc2)sc2c3cccc4c5sc(-c6ccccc6)c(C)c5c5ccc(c12)n5c34. The minimum atomic E-state index is 1.30. The van der Waals surface area contributed by atoms with Crippen LogP contribution in [-0.2, 0) is 0 Å². The van der Waals surface area contributed by atoms with Gasteiger partial charge in [-0.3, -0.25) is 0 Å². The molecule has 0 amide bonds. The van der Waals surface area contributed by atoms with E-state index in [9.17, 15) is 0 Å². The van der Waals surface area contributed by atoms with Gasteiger partial charge in [-0.1, -0.05) is 78.9 Å². The van der Waals surface area contributed by atoms with Crippen molar-refractivity contribution in [3.8, 4) is 20.9 Å². The molecule has 3 heteroatoms. The average Bonchev–Trinajstić information content (AvgIpc) is 3.59. The fourth-order valence-electron chi connectivity index (χ4n) is 5.97. The van der Waals surface area contributed by atoms with Gasteiger partial charge in [-0.15, -0.1) is 22.7 Å². The molecule has 0 saturated heterocycles. The van der Waals surface area contributed by atoms with Crippen LogP contribution in [-0.4, -0.2) is 4.40 Å². The van der Waals surface area contributed by atoms with E-state index < -0.39 is 0 Å². The molecule has 0 bridgehead atoms. The molecule has 0 fully saturated rings. The van der Waals surface area contributed by atoms with Crippen molar-refractivity contribution < 1.29 is 0 Å². The zero-order valence-corrected chi connectivity index (χ0v) is 21.1. The van der Waals surface area contributed by atoms with Gasteiger partial charge in [0.05, 0.1) is 16.6 Å². The zero-order chi connectivity index (χ0) is 23.3. The second kappa shape index (κ2) is 6.94. The number of aryl methyl sites for hydroxylation is 2. The highest BCUT2D eigenvalue weighted by Gasteiger charge is 2.23. The molecule has 5 heterocycles. The molecule has 3 aromatic carbocycles. The van der Waals surface area contributed by atoms with E-state index in [0.29, 0.717) is 0 Å². The summed E-state index contributed by atoms with van der Waals surface area (Å²) < 4.78 is 5.34. The summed E-state index contributed by atoms with van der Waals surface area (Å²) in [4.78, 5) is 2.75. The summed E-state index contributed by atoms with van der Waals surface area (Å²) in [7, 11) is 0. The first-order valence-electron chi connectivity index (χ1n) is 12.0. The lowest BCUT2D eigenvalue weighted by atomic mass is 10.0. The van der Waals surface area contributed by atoms with Crippen molar-refractivity contribution in [1.82, 2.24) is 4.40 Å². The first-order valence-corrected chi connectivity index (χ1v) is 13.6. The molecule has 0 aliphatic carbocycles. The standard InChI is InChI=1S/C32H21NS2/c1-18-26-24-16-17-25-27-19(2)30(21-12-7-4-8-13-21)35-32(27)23-15-9-14-22(28(23)33(24)25)31(26)34-29(18)20-10-5-3-6-11-20/h3-17H,1-2H3. The summed E-state index contributed by atoms with van der Waals surface area (Å²) in [5, 5.41) is 5.50. The van der Waals surface area contributed by atoms with Gasteiger partial charge in [-0.2, -0.15) is 0 Å². The van der Waals surface area contributed by atoms with Gasteiger partial charge in [0.1, 0.15) is 0 Å². The molecule has 0 saturated carbocycles. The van der Waals surface area contributed by atoms with Crippen molar-refractivity contribution in [1.29, 1.82) is 0 Å². The molecule has 8 rings (SSSR count). The molecule has 35 heavy (non-hydrogen) atoms. The third-order valence-corrected chi connectivity index (χ3v) is 10.3. The highest BCUT2D eigenvalue weighted by molar-refractivity contribution is 7.24. The number of hydrogen-bond acceptors (Lipinski definition) is 2. The van der Waals surface area contributed by atoms with E-state index >= 15 is 0 Å². The average molecular weight is 484 g/mol. The van der Waals surface area contributed by atoms with Crippen LogP contribution in [0.4, 0.5) is 0 Å². The summed E-state index contributed by atoms with van der Waals surface area (Å²) in [6.07, 6.45) is 0. The van der Waals surface area contributed by atoms with E-state index in [1.807, 2.05) is 22.7 Å². The van der Waals surface area contributed by atoms with Crippen LogP contribution in [0.5, 0.6) is 0 Å². The minimum Gasteiger partial charge on any atom is -0.308 e. The normalized spacial score (nSPS) is 12.3. The first-order chi connectivity index (χ1) is 17.2. The molecule has 166 valence electrons. The number of thiophene rings is 2. The van der Waals surface area contributed by atoms with E-state index in [4.69, 9.17) is 0 Å². The number of aromatic nitrogens is 1. The molecule has 8 aromatic rings. The summed E-state index contributed by atoms with van der Waals surface area (Å²) >= 11 is 3.88. The van der Waals surface area contributed by atoms with Crippen LogP contribution in [0.1, 0.15) is 11.1 Å². The minimum absolute atomic E-state index is 1.30. The molecule has 0 atom stereocenters. The van der Waals surface area contributed by atoms with Crippen molar-refractivity contribution in [3.05, 3.63) is 102 Å². The van der Waals surface area contributed by atoms with Crippen molar-refractivity contribution in [2.75, 3.05) is 0 Å². The van der Waals surface area contributed by atoms with Gasteiger partial charge in [0.15, 0.2) is 0 Å². The molecule has 0 N–H and O–H groups in total. The molecule has 0 aliphatic rings. The van der Waals surface area contributed by atoms with Gasteiger partial charge in [-0.25, -0.2) is 0 Å². The Labute approximate surface area is 210 Å². The van der Waals surface area contributed by atoms with E-state index in [1.165, 1.54) is 79.5 Å². The molecule has 0 radical (unpaired) electrons. The molecule has 1 nitrogen and oxygen atoms in total.